The Morgan fingerprint density at radius 1 is 1.38 bits per heavy atom. The molecule has 118 valence electrons. The van der Waals surface area contributed by atoms with Crippen LogP contribution >= 0.6 is 0 Å². The number of carbonyl (C=O) groups is 1. The molecule has 3 nitrogen and oxygen atoms in total. The number of alkyl halides is 3. The molecule has 0 spiro atoms. The molecule has 0 aliphatic carbocycles. The highest BCUT2D eigenvalue weighted by molar-refractivity contribution is 5.64. The minimum atomic E-state index is -5.09. The van der Waals surface area contributed by atoms with E-state index in [0.717, 1.165) is 6.07 Å². The van der Waals surface area contributed by atoms with Crippen LogP contribution in [0.3, 0.4) is 0 Å². The van der Waals surface area contributed by atoms with E-state index in [0.29, 0.717) is 0 Å². The number of methoxy groups -OCH3 is 1. The fourth-order valence-electron chi connectivity index (χ4n) is 2.14. The largest absolute Gasteiger partial charge is 0.493 e. The number of hydrogen-bond donors (Lipinski definition) is 1. The van der Waals surface area contributed by atoms with Crippen molar-refractivity contribution in [3.8, 4) is 5.75 Å². The van der Waals surface area contributed by atoms with Gasteiger partial charge in [0.15, 0.2) is 17.9 Å². The van der Waals surface area contributed by atoms with Crippen molar-refractivity contribution in [3.63, 3.8) is 0 Å². The highest BCUT2D eigenvalue weighted by Crippen LogP contribution is 2.41. The Labute approximate surface area is 119 Å². The van der Waals surface area contributed by atoms with Crippen LogP contribution in [-0.4, -0.2) is 30.3 Å². The number of hydrogen-bond acceptors (Lipinski definition) is 3. The van der Waals surface area contributed by atoms with Crippen molar-refractivity contribution in [1.29, 1.82) is 0 Å². The minimum absolute atomic E-state index is 0.173. The van der Waals surface area contributed by atoms with Gasteiger partial charge in [-0.15, -0.1) is 0 Å². The van der Waals surface area contributed by atoms with E-state index in [-0.39, 0.29) is 17.7 Å². The van der Waals surface area contributed by atoms with Crippen LogP contribution in [0.5, 0.6) is 5.75 Å². The Hall–Kier alpha value is -1.63. The zero-order valence-electron chi connectivity index (χ0n) is 11.6. The Morgan fingerprint density at radius 2 is 2.00 bits per heavy atom. The number of ether oxygens (including phenoxy) is 1. The molecule has 0 saturated carbocycles. The van der Waals surface area contributed by atoms with Crippen LogP contribution in [0.1, 0.15) is 31.2 Å². The number of benzene rings is 1. The third kappa shape index (κ3) is 3.53. The monoisotopic (exact) mass is 308 g/mol. The molecule has 2 atom stereocenters. The van der Waals surface area contributed by atoms with E-state index in [4.69, 9.17) is 4.74 Å². The zero-order valence-corrected chi connectivity index (χ0v) is 11.6. The highest BCUT2D eigenvalue weighted by Gasteiger charge is 2.54. The van der Waals surface area contributed by atoms with Gasteiger partial charge < -0.3 is 9.84 Å². The lowest BCUT2D eigenvalue weighted by Crippen LogP contribution is -2.47. The van der Waals surface area contributed by atoms with Crippen LogP contribution in [0.15, 0.2) is 18.2 Å². The second-order valence-electron chi connectivity index (χ2n) is 4.71. The van der Waals surface area contributed by atoms with Crippen molar-refractivity contribution in [2.75, 3.05) is 7.11 Å². The molecule has 0 aromatic heterocycles. The predicted molar refractivity (Wildman–Crippen MR) is 67.7 cm³/mol. The second kappa shape index (κ2) is 6.43. The van der Waals surface area contributed by atoms with E-state index in [2.05, 4.69) is 0 Å². The Bertz CT molecular complexity index is 501. The van der Waals surface area contributed by atoms with E-state index in [1.165, 1.54) is 19.2 Å². The average Bonchev–Trinajstić information content (AvgIpc) is 2.43. The quantitative estimate of drug-likeness (QED) is 0.648. The molecule has 0 bridgehead atoms. The molecule has 0 fully saturated rings. The first-order chi connectivity index (χ1) is 9.70. The normalized spacial score (nSPS) is 16.1. The Kier molecular flexibility index (Phi) is 5.33. The first kappa shape index (κ1) is 17.4. The predicted octanol–water partition coefficient (Wildman–Crippen LogP) is 3.21. The molecule has 0 amide bonds. The molecule has 0 unspecified atom stereocenters. The number of carbonyl (C=O) groups excluding carboxylic acids is 1. The molecule has 1 aromatic carbocycles. The van der Waals surface area contributed by atoms with Crippen molar-refractivity contribution in [2.45, 2.75) is 37.5 Å². The first-order valence-corrected chi connectivity index (χ1v) is 6.28. The summed E-state index contributed by atoms with van der Waals surface area (Å²) in [5.41, 5.74) is -3.28. The van der Waals surface area contributed by atoms with Crippen LogP contribution in [0.25, 0.3) is 0 Å². The van der Waals surface area contributed by atoms with Crippen LogP contribution in [0.2, 0.25) is 0 Å². The SMILES string of the molecule is CC[C@@H](C[C@@](O)(C=O)C(F)(F)F)c1cccc(F)c1OC. The lowest BCUT2D eigenvalue weighted by atomic mass is 9.84. The van der Waals surface area contributed by atoms with Crippen molar-refractivity contribution in [3.05, 3.63) is 29.6 Å². The molecule has 0 radical (unpaired) electrons. The number of aldehydes is 1. The van der Waals surface area contributed by atoms with Gasteiger partial charge in [0.05, 0.1) is 7.11 Å². The molecular weight excluding hydrogens is 292 g/mol. The third-order valence-electron chi connectivity index (χ3n) is 3.38. The van der Waals surface area contributed by atoms with Crippen LogP contribution in [0, 0.1) is 5.82 Å². The van der Waals surface area contributed by atoms with Crippen molar-refractivity contribution >= 4 is 6.29 Å². The zero-order chi connectivity index (χ0) is 16.3. The van der Waals surface area contributed by atoms with Crippen molar-refractivity contribution < 1.29 is 32.2 Å². The summed E-state index contributed by atoms with van der Waals surface area (Å²) in [4.78, 5) is 10.7. The Balaban J connectivity index is 3.21. The number of halogens is 4. The van der Waals surface area contributed by atoms with Crippen LogP contribution < -0.4 is 4.74 Å². The van der Waals surface area contributed by atoms with Gasteiger partial charge in [-0.2, -0.15) is 13.2 Å². The van der Waals surface area contributed by atoms with E-state index in [1.54, 1.807) is 6.92 Å². The summed E-state index contributed by atoms with van der Waals surface area (Å²) in [5, 5.41) is 9.52. The van der Waals surface area contributed by atoms with E-state index in [9.17, 15) is 27.5 Å². The van der Waals surface area contributed by atoms with E-state index in [1.807, 2.05) is 0 Å². The summed E-state index contributed by atoms with van der Waals surface area (Å²) in [5.74, 6) is -1.78. The smallest absolute Gasteiger partial charge is 0.424 e. The number of aliphatic hydroxyl groups is 1. The third-order valence-corrected chi connectivity index (χ3v) is 3.38. The molecule has 1 rings (SSSR count). The molecular formula is C14H16F4O3. The van der Waals surface area contributed by atoms with E-state index >= 15 is 0 Å². The molecule has 7 heteroatoms. The minimum Gasteiger partial charge on any atom is -0.493 e. The summed E-state index contributed by atoms with van der Waals surface area (Å²) in [6.45, 7) is 1.58. The molecule has 1 aromatic rings. The van der Waals surface area contributed by atoms with Crippen molar-refractivity contribution in [2.24, 2.45) is 0 Å². The summed E-state index contributed by atoms with van der Waals surface area (Å²) in [6, 6.07) is 3.87. The maximum atomic E-state index is 13.6. The van der Waals surface area contributed by atoms with Crippen molar-refractivity contribution in [1.82, 2.24) is 0 Å². The lowest BCUT2D eigenvalue weighted by molar-refractivity contribution is -0.247. The first-order valence-electron chi connectivity index (χ1n) is 6.28. The molecule has 21 heavy (non-hydrogen) atoms. The number of para-hydroxylation sites is 1. The molecule has 0 saturated heterocycles. The van der Waals surface area contributed by atoms with Gasteiger partial charge in [0.2, 0.25) is 5.60 Å². The summed E-state index contributed by atoms with van der Waals surface area (Å²) >= 11 is 0. The second-order valence-corrected chi connectivity index (χ2v) is 4.71. The molecule has 0 heterocycles. The van der Waals surface area contributed by atoms with E-state index < -0.39 is 36.2 Å². The summed E-state index contributed by atoms with van der Waals surface area (Å²) in [7, 11) is 1.20. The maximum absolute atomic E-state index is 13.6. The maximum Gasteiger partial charge on any atom is 0.424 e. The Morgan fingerprint density at radius 3 is 2.43 bits per heavy atom. The molecule has 0 aliphatic rings. The van der Waals surface area contributed by atoms with Gasteiger partial charge in [0.25, 0.3) is 0 Å². The summed E-state index contributed by atoms with van der Waals surface area (Å²) in [6.07, 6.45) is -6.34. The fraction of sp³-hybridized carbons (Fsp3) is 0.500. The van der Waals surface area contributed by atoms with Gasteiger partial charge in [-0.1, -0.05) is 19.1 Å². The van der Waals surface area contributed by atoms with Gasteiger partial charge in [-0.3, -0.25) is 4.79 Å². The van der Waals surface area contributed by atoms with Gasteiger partial charge in [0, 0.05) is 5.56 Å². The van der Waals surface area contributed by atoms with Gasteiger partial charge in [-0.25, -0.2) is 4.39 Å². The summed E-state index contributed by atoms with van der Waals surface area (Å²) < 4.78 is 56.9. The highest BCUT2D eigenvalue weighted by atomic mass is 19.4. The standard InChI is InChI=1S/C14H16F4O3/c1-3-9(7-13(20,8-19)14(16,17)18)10-5-4-6-11(15)12(10)21-2/h4-6,8-9,20H,3,7H2,1-2H3/t9-,13+/m0/s1. The lowest BCUT2D eigenvalue weighted by Gasteiger charge is -2.29. The van der Waals surface area contributed by atoms with Gasteiger partial charge in [0.1, 0.15) is 0 Å². The van der Waals surface area contributed by atoms with Gasteiger partial charge in [-0.05, 0) is 24.8 Å². The van der Waals surface area contributed by atoms with Crippen LogP contribution in [-0.2, 0) is 4.79 Å². The topological polar surface area (TPSA) is 46.5 Å². The molecule has 1 N–H and O–H groups in total. The fourth-order valence-corrected chi connectivity index (χ4v) is 2.14. The number of rotatable bonds is 6. The average molecular weight is 308 g/mol. The van der Waals surface area contributed by atoms with Gasteiger partial charge >= 0.3 is 6.18 Å². The molecule has 0 aliphatic heterocycles. The van der Waals surface area contributed by atoms with Crippen LogP contribution in [0.4, 0.5) is 17.6 Å².